The third-order valence-electron chi connectivity index (χ3n) is 3.18. The Labute approximate surface area is 116 Å². The van der Waals surface area contributed by atoms with Crippen molar-refractivity contribution in [1.82, 2.24) is 9.88 Å². The highest BCUT2D eigenvalue weighted by atomic mass is 32.1. The monoisotopic (exact) mass is 276 g/mol. The highest BCUT2D eigenvalue weighted by Crippen LogP contribution is 2.23. The average molecular weight is 276 g/mol. The summed E-state index contributed by atoms with van der Waals surface area (Å²) in [4.78, 5) is 18.7. The Bertz CT molecular complexity index is 567. The van der Waals surface area contributed by atoms with Gasteiger partial charge in [-0.25, -0.2) is 4.98 Å². The van der Waals surface area contributed by atoms with Gasteiger partial charge in [0, 0.05) is 13.1 Å². The van der Waals surface area contributed by atoms with E-state index in [0.29, 0.717) is 18.1 Å². The van der Waals surface area contributed by atoms with Gasteiger partial charge in [-0.2, -0.15) is 0 Å². The molecule has 3 rings (SSSR count). The van der Waals surface area contributed by atoms with Gasteiger partial charge in [-0.05, 0) is 26.0 Å². The molecule has 5 heteroatoms. The maximum absolute atomic E-state index is 12.5. The first kappa shape index (κ1) is 12.6. The molecule has 1 aliphatic heterocycles. The number of rotatable bonds is 1. The normalized spacial score (nSPS) is 23.8. The van der Waals surface area contributed by atoms with Crippen LogP contribution in [-0.4, -0.2) is 41.1 Å². The van der Waals surface area contributed by atoms with Gasteiger partial charge in [0.25, 0.3) is 5.91 Å². The van der Waals surface area contributed by atoms with Crippen LogP contribution in [0.2, 0.25) is 0 Å². The van der Waals surface area contributed by atoms with Gasteiger partial charge >= 0.3 is 0 Å². The number of ether oxygens (including phenoxy) is 1. The number of amides is 1. The Morgan fingerprint density at radius 1 is 1.32 bits per heavy atom. The van der Waals surface area contributed by atoms with Crippen molar-refractivity contribution in [3.8, 4) is 0 Å². The largest absolute Gasteiger partial charge is 0.372 e. The number of benzene rings is 1. The second kappa shape index (κ2) is 4.90. The van der Waals surface area contributed by atoms with E-state index in [1.54, 1.807) is 0 Å². The second-order valence-electron chi connectivity index (χ2n) is 4.95. The number of carbonyl (C=O) groups excluding carboxylic acids is 1. The summed E-state index contributed by atoms with van der Waals surface area (Å²) in [6.07, 6.45) is 0.171. The molecule has 0 radical (unpaired) electrons. The lowest BCUT2D eigenvalue weighted by Gasteiger charge is -2.34. The van der Waals surface area contributed by atoms with E-state index in [-0.39, 0.29) is 18.1 Å². The molecule has 2 aromatic rings. The molecule has 2 atom stereocenters. The molecule has 2 heterocycles. The number of thiazole rings is 1. The molecule has 2 unspecified atom stereocenters. The van der Waals surface area contributed by atoms with Crippen molar-refractivity contribution in [2.75, 3.05) is 13.1 Å². The maximum Gasteiger partial charge on any atom is 0.283 e. The highest BCUT2D eigenvalue weighted by Gasteiger charge is 2.28. The van der Waals surface area contributed by atoms with E-state index >= 15 is 0 Å². The van der Waals surface area contributed by atoms with Crippen molar-refractivity contribution in [2.45, 2.75) is 26.1 Å². The lowest BCUT2D eigenvalue weighted by molar-refractivity contribution is -0.0586. The number of carbonyl (C=O) groups is 1. The number of fused-ring (bicyclic) bond motifs is 1. The zero-order chi connectivity index (χ0) is 13.4. The Morgan fingerprint density at radius 2 is 2.00 bits per heavy atom. The number of nitrogens with zero attached hydrogens (tertiary/aromatic N) is 2. The number of hydrogen-bond donors (Lipinski definition) is 0. The van der Waals surface area contributed by atoms with Crippen LogP contribution in [0.3, 0.4) is 0 Å². The number of morpholine rings is 1. The van der Waals surface area contributed by atoms with Crippen molar-refractivity contribution < 1.29 is 9.53 Å². The van der Waals surface area contributed by atoms with Crippen molar-refractivity contribution in [2.24, 2.45) is 0 Å². The zero-order valence-electron chi connectivity index (χ0n) is 11.0. The molecule has 0 spiro atoms. The Hall–Kier alpha value is -1.46. The summed E-state index contributed by atoms with van der Waals surface area (Å²) < 4.78 is 6.71. The lowest BCUT2D eigenvalue weighted by atomic mass is 10.2. The molecule has 1 aromatic heterocycles. The minimum Gasteiger partial charge on any atom is -0.372 e. The van der Waals surface area contributed by atoms with Gasteiger partial charge in [0.15, 0.2) is 5.01 Å². The fraction of sp³-hybridized carbons (Fsp3) is 0.429. The van der Waals surface area contributed by atoms with Crippen LogP contribution in [-0.2, 0) is 4.74 Å². The summed E-state index contributed by atoms with van der Waals surface area (Å²) in [6, 6.07) is 7.84. The smallest absolute Gasteiger partial charge is 0.283 e. The minimum atomic E-state index is 0.0169. The fourth-order valence-electron chi connectivity index (χ4n) is 2.44. The molecule has 100 valence electrons. The van der Waals surface area contributed by atoms with Crippen molar-refractivity contribution in [3.05, 3.63) is 29.3 Å². The molecule has 0 N–H and O–H groups in total. The Kier molecular flexibility index (Phi) is 3.24. The molecule has 4 nitrogen and oxygen atoms in total. The standard InChI is InChI=1S/C14H16N2O2S/c1-9-7-16(8-10(2)18-9)14(17)13-15-11-5-3-4-6-12(11)19-13/h3-6,9-10H,7-8H2,1-2H3. The van der Waals surface area contributed by atoms with Gasteiger partial charge in [-0.3, -0.25) is 4.79 Å². The van der Waals surface area contributed by atoms with Crippen LogP contribution in [0.1, 0.15) is 23.6 Å². The molecular formula is C14H16N2O2S. The SMILES string of the molecule is CC1CN(C(=O)c2nc3ccccc3s2)CC(C)O1. The van der Waals surface area contributed by atoms with Crippen molar-refractivity contribution >= 4 is 27.5 Å². The number of aromatic nitrogens is 1. The Balaban J connectivity index is 1.86. The minimum absolute atomic E-state index is 0.0169. The van der Waals surface area contributed by atoms with Gasteiger partial charge in [0.05, 0.1) is 22.4 Å². The first-order valence-electron chi connectivity index (χ1n) is 6.44. The van der Waals surface area contributed by atoms with Crippen LogP contribution in [0.15, 0.2) is 24.3 Å². The maximum atomic E-state index is 12.5. The third-order valence-corrected chi connectivity index (χ3v) is 4.21. The van der Waals surface area contributed by atoms with E-state index in [0.717, 1.165) is 10.2 Å². The molecule has 0 aliphatic carbocycles. The Morgan fingerprint density at radius 3 is 2.68 bits per heavy atom. The van der Waals surface area contributed by atoms with E-state index in [2.05, 4.69) is 4.98 Å². The second-order valence-corrected chi connectivity index (χ2v) is 5.98. The molecule has 1 aromatic carbocycles. The van der Waals surface area contributed by atoms with Crippen LogP contribution < -0.4 is 0 Å². The van der Waals surface area contributed by atoms with Crippen LogP contribution in [0.4, 0.5) is 0 Å². The molecule has 1 fully saturated rings. The molecule has 0 bridgehead atoms. The van der Waals surface area contributed by atoms with Gasteiger partial charge in [0.1, 0.15) is 0 Å². The molecule has 1 saturated heterocycles. The van der Waals surface area contributed by atoms with E-state index < -0.39 is 0 Å². The van der Waals surface area contributed by atoms with Crippen LogP contribution in [0.5, 0.6) is 0 Å². The van der Waals surface area contributed by atoms with Crippen molar-refractivity contribution in [3.63, 3.8) is 0 Å². The molecule has 19 heavy (non-hydrogen) atoms. The summed E-state index contributed by atoms with van der Waals surface area (Å²) in [6.45, 7) is 5.26. The quantitative estimate of drug-likeness (QED) is 0.804. The van der Waals surface area contributed by atoms with Crippen LogP contribution >= 0.6 is 11.3 Å². The predicted molar refractivity (Wildman–Crippen MR) is 75.5 cm³/mol. The van der Waals surface area contributed by atoms with Gasteiger partial charge < -0.3 is 9.64 Å². The average Bonchev–Trinajstić information content (AvgIpc) is 2.80. The number of para-hydroxylation sites is 1. The zero-order valence-corrected chi connectivity index (χ0v) is 11.8. The molecule has 1 amide bonds. The first-order valence-corrected chi connectivity index (χ1v) is 7.25. The van der Waals surface area contributed by atoms with Crippen LogP contribution in [0, 0.1) is 0 Å². The predicted octanol–water partition coefficient (Wildman–Crippen LogP) is 2.55. The van der Waals surface area contributed by atoms with Gasteiger partial charge in [0.2, 0.25) is 0 Å². The van der Waals surface area contributed by atoms with E-state index in [4.69, 9.17) is 4.74 Å². The third kappa shape index (κ3) is 2.48. The van der Waals surface area contributed by atoms with Crippen molar-refractivity contribution in [1.29, 1.82) is 0 Å². The lowest BCUT2D eigenvalue weighted by Crippen LogP contribution is -2.48. The number of hydrogen-bond acceptors (Lipinski definition) is 4. The summed E-state index contributed by atoms with van der Waals surface area (Å²) in [5.74, 6) is 0.0169. The summed E-state index contributed by atoms with van der Waals surface area (Å²) in [7, 11) is 0. The summed E-state index contributed by atoms with van der Waals surface area (Å²) in [5.41, 5.74) is 0.894. The highest BCUT2D eigenvalue weighted by molar-refractivity contribution is 7.20. The molecule has 0 saturated carbocycles. The van der Waals surface area contributed by atoms with E-state index in [1.165, 1.54) is 11.3 Å². The van der Waals surface area contributed by atoms with E-state index in [9.17, 15) is 4.79 Å². The molecular weight excluding hydrogens is 260 g/mol. The van der Waals surface area contributed by atoms with Gasteiger partial charge in [-0.15, -0.1) is 11.3 Å². The topological polar surface area (TPSA) is 42.4 Å². The van der Waals surface area contributed by atoms with Gasteiger partial charge in [-0.1, -0.05) is 12.1 Å². The van der Waals surface area contributed by atoms with E-state index in [1.807, 2.05) is 43.0 Å². The molecule has 1 aliphatic rings. The summed E-state index contributed by atoms with van der Waals surface area (Å²) in [5, 5.41) is 0.572. The van der Waals surface area contributed by atoms with Crippen LogP contribution in [0.25, 0.3) is 10.2 Å². The summed E-state index contributed by atoms with van der Waals surface area (Å²) >= 11 is 1.46. The fourth-order valence-corrected chi connectivity index (χ4v) is 3.38. The first-order chi connectivity index (χ1) is 9.13.